The fourth-order valence-corrected chi connectivity index (χ4v) is 2.25. The first-order chi connectivity index (χ1) is 9.69. The van der Waals surface area contributed by atoms with Gasteiger partial charge >= 0.3 is 0 Å². The van der Waals surface area contributed by atoms with Crippen LogP contribution in [0, 0.1) is 0 Å². The van der Waals surface area contributed by atoms with Crippen molar-refractivity contribution in [3.8, 4) is 11.3 Å². The van der Waals surface area contributed by atoms with Gasteiger partial charge in [-0.05, 0) is 23.6 Å². The second kappa shape index (κ2) is 5.06. The van der Waals surface area contributed by atoms with Gasteiger partial charge < -0.3 is 5.73 Å². The van der Waals surface area contributed by atoms with E-state index >= 15 is 0 Å². The molecule has 2 heterocycles. The predicted molar refractivity (Wildman–Crippen MR) is 80.4 cm³/mol. The summed E-state index contributed by atoms with van der Waals surface area (Å²) >= 11 is 0. The average Bonchev–Trinajstić information content (AvgIpc) is 2.89. The molecule has 0 aliphatic rings. The minimum absolute atomic E-state index is 0.434. The molecule has 0 fully saturated rings. The second-order valence-electron chi connectivity index (χ2n) is 5.22. The van der Waals surface area contributed by atoms with Gasteiger partial charge in [-0.25, -0.2) is 9.50 Å². The molecule has 102 valence electrons. The van der Waals surface area contributed by atoms with Crippen LogP contribution in [0.15, 0.2) is 42.6 Å². The fourth-order valence-electron chi connectivity index (χ4n) is 2.25. The van der Waals surface area contributed by atoms with Crippen molar-refractivity contribution in [3.05, 3.63) is 53.9 Å². The molecule has 0 amide bonds. The molecule has 3 rings (SSSR count). The van der Waals surface area contributed by atoms with Crippen molar-refractivity contribution >= 4 is 5.65 Å². The van der Waals surface area contributed by atoms with Crippen LogP contribution in [0.2, 0.25) is 0 Å². The molecule has 4 heteroatoms. The van der Waals surface area contributed by atoms with Gasteiger partial charge in [0.25, 0.3) is 0 Å². The van der Waals surface area contributed by atoms with Gasteiger partial charge in [0.15, 0.2) is 5.65 Å². The van der Waals surface area contributed by atoms with Crippen LogP contribution in [0.5, 0.6) is 0 Å². The fraction of sp³-hybridized carbons (Fsp3) is 0.250. The molecule has 0 radical (unpaired) electrons. The van der Waals surface area contributed by atoms with Gasteiger partial charge in [0.1, 0.15) is 0 Å². The third kappa shape index (κ3) is 2.18. The van der Waals surface area contributed by atoms with E-state index in [2.05, 4.69) is 48.2 Å². The SMILES string of the molecule is CC(C)c1ccc(-c2ccc3ncc(CN)n3n2)cc1. The Morgan fingerprint density at radius 3 is 2.50 bits per heavy atom. The third-order valence-corrected chi connectivity index (χ3v) is 3.52. The summed E-state index contributed by atoms with van der Waals surface area (Å²) in [6.07, 6.45) is 1.77. The van der Waals surface area contributed by atoms with Crippen molar-refractivity contribution in [1.82, 2.24) is 14.6 Å². The lowest BCUT2D eigenvalue weighted by Gasteiger charge is -2.07. The maximum Gasteiger partial charge on any atom is 0.153 e. The molecule has 2 aromatic heterocycles. The predicted octanol–water partition coefficient (Wildman–Crippen LogP) is 2.98. The van der Waals surface area contributed by atoms with E-state index in [4.69, 9.17) is 5.73 Å². The van der Waals surface area contributed by atoms with E-state index in [-0.39, 0.29) is 0 Å². The van der Waals surface area contributed by atoms with Crippen LogP contribution < -0.4 is 5.73 Å². The maximum atomic E-state index is 5.70. The summed E-state index contributed by atoms with van der Waals surface area (Å²) in [7, 11) is 0. The lowest BCUT2D eigenvalue weighted by molar-refractivity contribution is 0.848. The molecule has 0 atom stereocenters. The first-order valence-corrected chi connectivity index (χ1v) is 6.83. The number of hydrogen-bond acceptors (Lipinski definition) is 3. The minimum Gasteiger partial charge on any atom is -0.325 e. The molecule has 0 bridgehead atoms. The van der Waals surface area contributed by atoms with Gasteiger partial charge in [-0.15, -0.1) is 0 Å². The number of hydrogen-bond donors (Lipinski definition) is 1. The van der Waals surface area contributed by atoms with Crippen molar-refractivity contribution in [1.29, 1.82) is 0 Å². The molecule has 20 heavy (non-hydrogen) atoms. The summed E-state index contributed by atoms with van der Waals surface area (Å²) < 4.78 is 1.81. The quantitative estimate of drug-likeness (QED) is 0.793. The molecule has 0 aliphatic heterocycles. The summed E-state index contributed by atoms with van der Waals surface area (Å²) in [6, 6.07) is 12.5. The Balaban J connectivity index is 2.04. The highest BCUT2D eigenvalue weighted by Gasteiger charge is 2.06. The Morgan fingerprint density at radius 1 is 1.10 bits per heavy atom. The van der Waals surface area contributed by atoms with E-state index in [0.29, 0.717) is 12.5 Å². The largest absolute Gasteiger partial charge is 0.325 e. The van der Waals surface area contributed by atoms with E-state index in [1.165, 1.54) is 5.56 Å². The van der Waals surface area contributed by atoms with Crippen LogP contribution in [-0.2, 0) is 6.54 Å². The highest BCUT2D eigenvalue weighted by Crippen LogP contribution is 2.21. The van der Waals surface area contributed by atoms with Gasteiger partial charge in [0.05, 0.1) is 17.6 Å². The second-order valence-corrected chi connectivity index (χ2v) is 5.22. The zero-order valence-corrected chi connectivity index (χ0v) is 11.7. The maximum absolute atomic E-state index is 5.70. The molecule has 1 aromatic carbocycles. The monoisotopic (exact) mass is 266 g/mol. The first kappa shape index (κ1) is 12.8. The molecule has 0 saturated carbocycles. The molecule has 2 N–H and O–H groups in total. The van der Waals surface area contributed by atoms with Crippen LogP contribution in [0.4, 0.5) is 0 Å². The van der Waals surface area contributed by atoms with Crippen molar-refractivity contribution in [2.24, 2.45) is 5.73 Å². The Labute approximate surface area is 118 Å². The number of nitrogens with zero attached hydrogens (tertiary/aromatic N) is 3. The number of nitrogens with two attached hydrogens (primary N) is 1. The van der Waals surface area contributed by atoms with Crippen molar-refractivity contribution < 1.29 is 0 Å². The van der Waals surface area contributed by atoms with Gasteiger partial charge in [-0.3, -0.25) is 0 Å². The van der Waals surface area contributed by atoms with E-state index in [9.17, 15) is 0 Å². The number of imidazole rings is 1. The molecule has 0 unspecified atom stereocenters. The summed E-state index contributed by atoms with van der Waals surface area (Å²) in [6.45, 7) is 4.82. The Kier molecular flexibility index (Phi) is 3.24. The van der Waals surface area contributed by atoms with Crippen LogP contribution >= 0.6 is 0 Å². The summed E-state index contributed by atoms with van der Waals surface area (Å²) in [5, 5.41) is 4.62. The molecule has 0 aliphatic carbocycles. The number of aromatic nitrogens is 3. The van der Waals surface area contributed by atoms with Gasteiger partial charge in [-0.2, -0.15) is 5.10 Å². The smallest absolute Gasteiger partial charge is 0.153 e. The molecular weight excluding hydrogens is 248 g/mol. The summed E-state index contributed by atoms with van der Waals surface area (Å²) in [5.74, 6) is 0.539. The molecule has 3 aromatic rings. The molecule has 0 saturated heterocycles. The van der Waals surface area contributed by atoms with E-state index in [0.717, 1.165) is 22.6 Å². The van der Waals surface area contributed by atoms with Crippen LogP contribution in [0.1, 0.15) is 31.0 Å². The van der Waals surface area contributed by atoms with Crippen LogP contribution in [0.3, 0.4) is 0 Å². The van der Waals surface area contributed by atoms with Gasteiger partial charge in [0.2, 0.25) is 0 Å². The lowest BCUT2D eigenvalue weighted by atomic mass is 10.0. The molecule has 0 spiro atoms. The van der Waals surface area contributed by atoms with Crippen molar-refractivity contribution in [2.45, 2.75) is 26.3 Å². The zero-order chi connectivity index (χ0) is 14.1. The van der Waals surface area contributed by atoms with Gasteiger partial charge in [0, 0.05) is 12.1 Å². The Hall–Kier alpha value is -2.20. The minimum atomic E-state index is 0.434. The highest BCUT2D eigenvalue weighted by atomic mass is 15.3. The van der Waals surface area contributed by atoms with E-state index < -0.39 is 0 Å². The van der Waals surface area contributed by atoms with Gasteiger partial charge in [-0.1, -0.05) is 38.1 Å². The third-order valence-electron chi connectivity index (χ3n) is 3.52. The Morgan fingerprint density at radius 2 is 1.85 bits per heavy atom. The molecule has 4 nitrogen and oxygen atoms in total. The van der Waals surface area contributed by atoms with Crippen molar-refractivity contribution in [3.63, 3.8) is 0 Å². The van der Waals surface area contributed by atoms with E-state index in [1.807, 2.05) is 16.6 Å². The normalized spacial score (nSPS) is 11.4. The summed E-state index contributed by atoms with van der Waals surface area (Å²) in [4.78, 5) is 4.28. The lowest BCUT2D eigenvalue weighted by Crippen LogP contribution is -2.04. The average molecular weight is 266 g/mol. The topological polar surface area (TPSA) is 56.2 Å². The standard InChI is InChI=1S/C16H18N4/c1-11(2)12-3-5-13(6-4-12)15-7-8-16-18-10-14(9-17)20(16)19-15/h3-8,10-11H,9,17H2,1-2H3. The highest BCUT2D eigenvalue weighted by molar-refractivity contribution is 5.60. The van der Waals surface area contributed by atoms with Crippen molar-refractivity contribution in [2.75, 3.05) is 0 Å². The van der Waals surface area contributed by atoms with Crippen LogP contribution in [-0.4, -0.2) is 14.6 Å². The number of fused-ring (bicyclic) bond motifs is 1. The number of rotatable bonds is 3. The zero-order valence-electron chi connectivity index (χ0n) is 11.7. The molecular formula is C16H18N4. The summed E-state index contributed by atoms with van der Waals surface area (Å²) in [5.41, 5.74) is 10.8. The Bertz CT molecular complexity index is 726. The van der Waals surface area contributed by atoms with Crippen LogP contribution in [0.25, 0.3) is 16.9 Å². The first-order valence-electron chi connectivity index (χ1n) is 6.83. The van der Waals surface area contributed by atoms with E-state index in [1.54, 1.807) is 6.20 Å². The number of benzene rings is 1.